The minimum absolute atomic E-state index is 0.939. The van der Waals surface area contributed by atoms with Gasteiger partial charge in [-0.2, -0.15) is 0 Å². The Labute approximate surface area is 79.9 Å². The molecule has 0 fully saturated rings. The van der Waals surface area contributed by atoms with E-state index >= 15 is 0 Å². The first kappa shape index (κ1) is 9.53. The fourth-order valence-electron chi connectivity index (χ4n) is 1.10. The highest BCUT2D eigenvalue weighted by atomic mass is 13.9. The van der Waals surface area contributed by atoms with Gasteiger partial charge in [-0.15, -0.1) is 0 Å². The number of rotatable bonds is 4. The van der Waals surface area contributed by atoms with Gasteiger partial charge in [-0.1, -0.05) is 61.7 Å². The summed E-state index contributed by atoms with van der Waals surface area (Å²) in [5, 5.41) is 0. The molecule has 13 heavy (non-hydrogen) atoms. The van der Waals surface area contributed by atoms with Crippen LogP contribution in [0.2, 0.25) is 0 Å². The van der Waals surface area contributed by atoms with Crippen LogP contribution in [-0.2, 0) is 6.42 Å². The molecule has 0 saturated heterocycles. The SMILES string of the molecule is C=CC(C=C)=CCc1ccccc1. The van der Waals surface area contributed by atoms with Gasteiger partial charge in [0.1, 0.15) is 0 Å². The third kappa shape index (κ3) is 3.12. The van der Waals surface area contributed by atoms with Crippen LogP contribution < -0.4 is 0 Å². The van der Waals surface area contributed by atoms with E-state index in [1.165, 1.54) is 5.56 Å². The summed E-state index contributed by atoms with van der Waals surface area (Å²) in [4.78, 5) is 0. The maximum absolute atomic E-state index is 3.70. The predicted molar refractivity (Wildman–Crippen MR) is 58.6 cm³/mol. The molecule has 0 aliphatic rings. The van der Waals surface area contributed by atoms with Crippen LogP contribution in [-0.4, -0.2) is 0 Å². The Morgan fingerprint density at radius 1 is 1.08 bits per heavy atom. The maximum Gasteiger partial charge on any atom is -0.00885 e. The second-order valence-electron chi connectivity index (χ2n) is 2.80. The van der Waals surface area contributed by atoms with E-state index in [4.69, 9.17) is 0 Å². The van der Waals surface area contributed by atoms with Crippen LogP contribution >= 0.6 is 0 Å². The van der Waals surface area contributed by atoms with Gasteiger partial charge in [0.15, 0.2) is 0 Å². The van der Waals surface area contributed by atoms with Gasteiger partial charge >= 0.3 is 0 Å². The van der Waals surface area contributed by atoms with Gasteiger partial charge in [0.05, 0.1) is 0 Å². The van der Waals surface area contributed by atoms with Crippen molar-refractivity contribution in [2.45, 2.75) is 6.42 Å². The van der Waals surface area contributed by atoms with Crippen molar-refractivity contribution >= 4 is 0 Å². The van der Waals surface area contributed by atoms with E-state index in [0.29, 0.717) is 0 Å². The van der Waals surface area contributed by atoms with Crippen molar-refractivity contribution in [1.82, 2.24) is 0 Å². The fourth-order valence-corrected chi connectivity index (χ4v) is 1.10. The van der Waals surface area contributed by atoms with Crippen LogP contribution in [0.1, 0.15) is 5.56 Å². The normalized spacial score (nSPS) is 8.92. The van der Waals surface area contributed by atoms with E-state index in [-0.39, 0.29) is 0 Å². The van der Waals surface area contributed by atoms with Crippen molar-refractivity contribution in [2.24, 2.45) is 0 Å². The van der Waals surface area contributed by atoms with Crippen molar-refractivity contribution in [1.29, 1.82) is 0 Å². The van der Waals surface area contributed by atoms with Crippen molar-refractivity contribution in [3.8, 4) is 0 Å². The second kappa shape index (κ2) is 5.15. The molecule has 0 bridgehead atoms. The first-order valence-corrected chi connectivity index (χ1v) is 4.36. The summed E-state index contributed by atoms with van der Waals surface area (Å²) in [6.07, 6.45) is 6.69. The van der Waals surface area contributed by atoms with Gasteiger partial charge in [0.25, 0.3) is 0 Å². The fraction of sp³-hybridized carbons (Fsp3) is 0.0769. The molecule has 0 saturated carbocycles. The van der Waals surface area contributed by atoms with Crippen LogP contribution in [0.15, 0.2) is 67.3 Å². The standard InChI is InChI=1S/C13H14/c1-3-12(4-2)10-11-13-8-6-5-7-9-13/h3-10H,1-2,11H2. The van der Waals surface area contributed by atoms with Crippen molar-refractivity contribution < 1.29 is 0 Å². The van der Waals surface area contributed by atoms with Gasteiger partial charge in [-0.25, -0.2) is 0 Å². The molecule has 0 heteroatoms. The van der Waals surface area contributed by atoms with Gasteiger partial charge in [-0.05, 0) is 17.6 Å². The lowest BCUT2D eigenvalue weighted by Gasteiger charge is -1.96. The van der Waals surface area contributed by atoms with Crippen molar-refractivity contribution in [3.05, 3.63) is 72.9 Å². The van der Waals surface area contributed by atoms with E-state index in [0.717, 1.165) is 12.0 Å². The monoisotopic (exact) mass is 170 g/mol. The topological polar surface area (TPSA) is 0 Å². The summed E-state index contributed by atoms with van der Waals surface area (Å²) in [6, 6.07) is 10.3. The zero-order valence-corrected chi connectivity index (χ0v) is 7.74. The molecular formula is C13H14. The van der Waals surface area contributed by atoms with Crippen LogP contribution in [0.4, 0.5) is 0 Å². The minimum Gasteiger partial charge on any atom is -0.0985 e. The van der Waals surface area contributed by atoms with E-state index in [2.05, 4.69) is 31.4 Å². The number of hydrogen-bond acceptors (Lipinski definition) is 0. The molecule has 0 heterocycles. The van der Waals surface area contributed by atoms with E-state index in [1.807, 2.05) is 30.4 Å². The number of benzene rings is 1. The smallest absolute Gasteiger partial charge is 0.00885 e. The second-order valence-corrected chi connectivity index (χ2v) is 2.80. The first-order chi connectivity index (χ1) is 6.36. The van der Waals surface area contributed by atoms with Crippen molar-refractivity contribution in [2.75, 3.05) is 0 Å². The molecule has 0 aliphatic heterocycles. The maximum atomic E-state index is 3.70. The highest BCUT2D eigenvalue weighted by molar-refractivity contribution is 5.29. The molecule has 0 N–H and O–H groups in total. The van der Waals surface area contributed by atoms with Crippen LogP contribution in [0.3, 0.4) is 0 Å². The summed E-state index contributed by atoms with van der Waals surface area (Å²) in [7, 11) is 0. The van der Waals surface area contributed by atoms with E-state index in [9.17, 15) is 0 Å². The largest absolute Gasteiger partial charge is 0.0985 e. The molecule has 0 aliphatic carbocycles. The average molecular weight is 170 g/mol. The van der Waals surface area contributed by atoms with Crippen LogP contribution in [0.5, 0.6) is 0 Å². The highest BCUT2D eigenvalue weighted by Gasteiger charge is 1.87. The van der Waals surface area contributed by atoms with Crippen LogP contribution in [0, 0.1) is 0 Å². The number of hydrogen-bond donors (Lipinski definition) is 0. The van der Waals surface area contributed by atoms with Gasteiger partial charge < -0.3 is 0 Å². The van der Waals surface area contributed by atoms with Gasteiger partial charge in [0.2, 0.25) is 0 Å². The lowest BCUT2D eigenvalue weighted by atomic mass is 10.1. The summed E-state index contributed by atoms with van der Waals surface area (Å²) in [6.45, 7) is 7.41. The summed E-state index contributed by atoms with van der Waals surface area (Å²) in [5.41, 5.74) is 2.40. The highest BCUT2D eigenvalue weighted by Crippen LogP contribution is 2.04. The summed E-state index contributed by atoms with van der Waals surface area (Å²) in [5.74, 6) is 0. The van der Waals surface area contributed by atoms with Gasteiger partial charge in [-0.3, -0.25) is 0 Å². The molecule has 0 nitrogen and oxygen atoms in total. The molecule has 0 aromatic heterocycles. The van der Waals surface area contributed by atoms with Crippen LogP contribution in [0.25, 0.3) is 0 Å². The summed E-state index contributed by atoms with van der Waals surface area (Å²) < 4.78 is 0. The Kier molecular flexibility index (Phi) is 3.77. The lowest BCUT2D eigenvalue weighted by molar-refractivity contribution is 1.26. The summed E-state index contributed by atoms with van der Waals surface area (Å²) >= 11 is 0. The Hall–Kier alpha value is -1.56. The molecule has 0 unspecified atom stereocenters. The zero-order valence-electron chi connectivity index (χ0n) is 7.74. The Balaban J connectivity index is 2.65. The first-order valence-electron chi connectivity index (χ1n) is 4.36. The molecule has 66 valence electrons. The Bertz CT molecular complexity index is 294. The Morgan fingerprint density at radius 2 is 1.69 bits per heavy atom. The quantitative estimate of drug-likeness (QED) is 0.606. The average Bonchev–Trinajstić information content (AvgIpc) is 2.21. The lowest BCUT2D eigenvalue weighted by Crippen LogP contribution is -1.80. The molecule has 0 spiro atoms. The van der Waals surface area contributed by atoms with E-state index in [1.54, 1.807) is 0 Å². The molecule has 1 rings (SSSR count). The van der Waals surface area contributed by atoms with Gasteiger partial charge in [0, 0.05) is 0 Å². The van der Waals surface area contributed by atoms with E-state index < -0.39 is 0 Å². The molecular weight excluding hydrogens is 156 g/mol. The number of allylic oxidation sites excluding steroid dienone is 4. The molecule has 0 radical (unpaired) electrons. The molecule has 1 aromatic rings. The Morgan fingerprint density at radius 3 is 2.23 bits per heavy atom. The molecule has 0 atom stereocenters. The zero-order chi connectivity index (χ0) is 9.52. The molecule has 0 amide bonds. The third-order valence-electron chi connectivity index (χ3n) is 1.89. The van der Waals surface area contributed by atoms with Crippen molar-refractivity contribution in [3.63, 3.8) is 0 Å². The molecule has 1 aromatic carbocycles. The predicted octanol–water partition coefficient (Wildman–Crippen LogP) is 3.53. The third-order valence-corrected chi connectivity index (χ3v) is 1.89. The minimum atomic E-state index is 0.939.